The van der Waals surface area contributed by atoms with Gasteiger partial charge in [-0.3, -0.25) is 4.79 Å². The molecule has 0 aromatic heterocycles. The topological polar surface area (TPSA) is 64.6 Å². The summed E-state index contributed by atoms with van der Waals surface area (Å²) in [5.74, 6) is -2.30. The number of ether oxygens (including phenoxy) is 2. The van der Waals surface area contributed by atoms with Gasteiger partial charge in [-0.05, 0) is 48.5 Å². The Hall–Kier alpha value is -3.24. The van der Waals surface area contributed by atoms with Gasteiger partial charge in [0.05, 0.1) is 11.1 Å². The minimum absolute atomic E-state index is 0.116. The number of hydrogen-bond donors (Lipinski definition) is 1. The van der Waals surface area contributed by atoms with Gasteiger partial charge in [0.25, 0.3) is 5.91 Å². The zero-order chi connectivity index (χ0) is 20.9. The molecule has 150 valence electrons. The molecule has 0 spiro atoms. The lowest BCUT2D eigenvalue weighted by Crippen LogP contribution is -2.21. The number of anilines is 1. The van der Waals surface area contributed by atoms with Crippen molar-refractivity contribution in [3.05, 3.63) is 59.7 Å². The SMILES string of the molecule is O=C(COC(=O)c1ccc(C(F)(F)F)cc1)Nc1ccc(OC(F)(F)F)cc1. The molecule has 0 aliphatic rings. The molecule has 0 unspecified atom stereocenters. The highest BCUT2D eigenvalue weighted by atomic mass is 19.4. The zero-order valence-corrected chi connectivity index (χ0v) is 13.7. The third-order valence-corrected chi connectivity index (χ3v) is 3.15. The highest BCUT2D eigenvalue weighted by molar-refractivity contribution is 5.95. The van der Waals surface area contributed by atoms with Crippen LogP contribution < -0.4 is 10.1 Å². The smallest absolute Gasteiger partial charge is 0.452 e. The van der Waals surface area contributed by atoms with Crippen LogP contribution >= 0.6 is 0 Å². The average molecular weight is 407 g/mol. The molecule has 0 fully saturated rings. The predicted molar refractivity (Wildman–Crippen MR) is 83.5 cm³/mol. The van der Waals surface area contributed by atoms with E-state index < -0.39 is 42.3 Å². The Balaban J connectivity index is 1.85. The van der Waals surface area contributed by atoms with E-state index in [0.717, 1.165) is 36.4 Å². The molecule has 0 aliphatic carbocycles. The van der Waals surface area contributed by atoms with Gasteiger partial charge >= 0.3 is 18.5 Å². The Morgan fingerprint density at radius 2 is 1.43 bits per heavy atom. The summed E-state index contributed by atoms with van der Waals surface area (Å²) in [6.45, 7) is -0.749. The summed E-state index contributed by atoms with van der Waals surface area (Å²) in [5, 5.41) is 2.27. The van der Waals surface area contributed by atoms with Crippen molar-refractivity contribution < 1.29 is 45.4 Å². The second-order valence-electron chi connectivity index (χ2n) is 5.27. The molecular formula is C17H11F6NO4. The first kappa shape index (κ1) is 21.1. The second-order valence-corrected chi connectivity index (χ2v) is 5.27. The fourth-order valence-corrected chi connectivity index (χ4v) is 1.95. The Morgan fingerprint density at radius 1 is 0.857 bits per heavy atom. The van der Waals surface area contributed by atoms with Gasteiger partial charge in [0, 0.05) is 5.69 Å². The van der Waals surface area contributed by atoms with Crippen molar-refractivity contribution in [1.82, 2.24) is 0 Å². The number of alkyl halides is 6. The second kappa shape index (κ2) is 8.19. The van der Waals surface area contributed by atoms with Gasteiger partial charge in [0.1, 0.15) is 5.75 Å². The molecule has 0 heterocycles. The Bertz CT molecular complexity index is 829. The van der Waals surface area contributed by atoms with Gasteiger partial charge < -0.3 is 14.8 Å². The third-order valence-electron chi connectivity index (χ3n) is 3.15. The predicted octanol–water partition coefficient (Wildman–Crippen LogP) is 4.40. The molecule has 2 aromatic carbocycles. The fourth-order valence-electron chi connectivity index (χ4n) is 1.95. The van der Waals surface area contributed by atoms with Crippen LogP contribution in [0.3, 0.4) is 0 Å². The van der Waals surface area contributed by atoms with Crippen LogP contribution in [-0.4, -0.2) is 24.8 Å². The number of esters is 1. The lowest BCUT2D eigenvalue weighted by molar-refractivity contribution is -0.274. The lowest BCUT2D eigenvalue weighted by Gasteiger charge is -2.10. The standard InChI is InChI=1S/C17H11F6NO4/c18-16(19,20)11-3-1-10(2-4-11)15(26)27-9-14(25)24-12-5-7-13(8-6-12)28-17(21,22)23/h1-8H,9H2,(H,24,25). The molecule has 1 N–H and O–H groups in total. The van der Waals surface area contributed by atoms with E-state index in [4.69, 9.17) is 0 Å². The number of carbonyl (C=O) groups is 2. The summed E-state index contributed by atoms with van der Waals surface area (Å²) in [7, 11) is 0. The minimum atomic E-state index is -4.85. The maximum Gasteiger partial charge on any atom is 0.573 e. The monoisotopic (exact) mass is 407 g/mol. The largest absolute Gasteiger partial charge is 0.573 e. The van der Waals surface area contributed by atoms with Crippen molar-refractivity contribution in [3.8, 4) is 5.75 Å². The van der Waals surface area contributed by atoms with Crippen molar-refractivity contribution in [3.63, 3.8) is 0 Å². The normalized spacial score (nSPS) is 11.6. The van der Waals surface area contributed by atoms with Crippen LogP contribution in [0.25, 0.3) is 0 Å². The maximum atomic E-state index is 12.5. The number of rotatable bonds is 5. The van der Waals surface area contributed by atoms with Crippen molar-refractivity contribution in [2.24, 2.45) is 0 Å². The maximum absolute atomic E-state index is 12.5. The fraction of sp³-hybridized carbons (Fsp3) is 0.176. The van der Waals surface area contributed by atoms with Crippen LogP contribution in [-0.2, 0) is 15.7 Å². The van der Waals surface area contributed by atoms with Crippen LogP contribution in [0.1, 0.15) is 15.9 Å². The number of nitrogens with one attached hydrogen (secondary N) is 1. The molecule has 0 saturated heterocycles. The molecule has 0 atom stereocenters. The van der Waals surface area contributed by atoms with Gasteiger partial charge in [0.2, 0.25) is 0 Å². The van der Waals surface area contributed by atoms with E-state index in [2.05, 4.69) is 14.8 Å². The third kappa shape index (κ3) is 6.49. The van der Waals surface area contributed by atoms with Crippen LogP contribution in [0.4, 0.5) is 32.0 Å². The summed E-state index contributed by atoms with van der Waals surface area (Å²) < 4.78 is 81.9. The number of benzene rings is 2. The summed E-state index contributed by atoms with van der Waals surface area (Å²) in [4.78, 5) is 23.4. The van der Waals surface area contributed by atoms with Gasteiger partial charge in [-0.1, -0.05) is 0 Å². The van der Waals surface area contributed by atoms with Crippen molar-refractivity contribution in [2.45, 2.75) is 12.5 Å². The number of amides is 1. The average Bonchev–Trinajstić information content (AvgIpc) is 2.59. The first-order valence-corrected chi connectivity index (χ1v) is 7.44. The Kier molecular flexibility index (Phi) is 6.16. The number of carbonyl (C=O) groups excluding carboxylic acids is 2. The van der Waals surface area contributed by atoms with E-state index in [-0.39, 0.29) is 11.3 Å². The molecular weight excluding hydrogens is 396 g/mol. The molecule has 0 bridgehead atoms. The van der Waals surface area contributed by atoms with Crippen LogP contribution in [0.2, 0.25) is 0 Å². The van der Waals surface area contributed by atoms with Crippen molar-refractivity contribution in [2.75, 3.05) is 11.9 Å². The van der Waals surface area contributed by atoms with E-state index in [1.54, 1.807) is 0 Å². The highest BCUT2D eigenvalue weighted by Crippen LogP contribution is 2.29. The molecule has 11 heteroatoms. The molecule has 2 aromatic rings. The summed E-state index contributed by atoms with van der Waals surface area (Å²) in [6.07, 6.45) is -9.40. The van der Waals surface area contributed by atoms with Crippen molar-refractivity contribution >= 4 is 17.6 Å². The molecule has 5 nitrogen and oxygen atoms in total. The zero-order valence-electron chi connectivity index (χ0n) is 13.7. The van der Waals surface area contributed by atoms with Gasteiger partial charge in [-0.2, -0.15) is 13.2 Å². The Labute approximate surface area is 153 Å². The quantitative estimate of drug-likeness (QED) is 0.590. The van der Waals surface area contributed by atoms with Gasteiger partial charge in [0.15, 0.2) is 6.61 Å². The van der Waals surface area contributed by atoms with Crippen LogP contribution in [0, 0.1) is 0 Å². The van der Waals surface area contributed by atoms with E-state index in [1.165, 1.54) is 0 Å². The van der Waals surface area contributed by atoms with Gasteiger partial charge in [-0.15, -0.1) is 13.2 Å². The molecule has 0 aliphatic heterocycles. The first-order valence-electron chi connectivity index (χ1n) is 7.44. The van der Waals surface area contributed by atoms with Crippen LogP contribution in [0.5, 0.6) is 5.75 Å². The van der Waals surface area contributed by atoms with Gasteiger partial charge in [-0.25, -0.2) is 4.79 Å². The van der Waals surface area contributed by atoms with E-state index in [9.17, 15) is 35.9 Å². The van der Waals surface area contributed by atoms with Crippen molar-refractivity contribution in [1.29, 1.82) is 0 Å². The Morgan fingerprint density at radius 3 is 1.93 bits per heavy atom. The van der Waals surface area contributed by atoms with E-state index in [1.807, 2.05) is 0 Å². The lowest BCUT2D eigenvalue weighted by atomic mass is 10.1. The minimum Gasteiger partial charge on any atom is -0.452 e. The number of halogens is 6. The van der Waals surface area contributed by atoms with E-state index in [0.29, 0.717) is 12.1 Å². The molecule has 0 radical (unpaired) electrons. The highest BCUT2D eigenvalue weighted by Gasteiger charge is 2.31. The molecule has 1 amide bonds. The van der Waals surface area contributed by atoms with E-state index >= 15 is 0 Å². The first-order chi connectivity index (χ1) is 12.9. The molecule has 0 saturated carbocycles. The summed E-state index contributed by atoms with van der Waals surface area (Å²) in [5.41, 5.74) is -1.01. The molecule has 28 heavy (non-hydrogen) atoms. The summed E-state index contributed by atoms with van der Waals surface area (Å²) >= 11 is 0. The number of hydrogen-bond acceptors (Lipinski definition) is 4. The van der Waals surface area contributed by atoms with Crippen LogP contribution in [0.15, 0.2) is 48.5 Å². The summed E-state index contributed by atoms with van der Waals surface area (Å²) in [6, 6.07) is 7.41. The molecule has 2 rings (SSSR count).